The molecule has 0 aliphatic carbocycles. The summed E-state index contributed by atoms with van der Waals surface area (Å²) >= 11 is 0. The molecule has 0 unspecified atom stereocenters. The Kier molecular flexibility index (Phi) is 6.72. The Hall–Kier alpha value is -4.64. The van der Waals surface area contributed by atoms with Gasteiger partial charge in [-0.2, -0.15) is 5.10 Å². The van der Waals surface area contributed by atoms with Crippen molar-refractivity contribution in [1.82, 2.24) is 45.3 Å². The van der Waals surface area contributed by atoms with E-state index in [-0.39, 0.29) is 5.91 Å². The van der Waals surface area contributed by atoms with Crippen molar-refractivity contribution < 1.29 is 4.79 Å². The molecular formula is C28H30N10O. The highest BCUT2D eigenvalue weighted by Crippen LogP contribution is 2.31. The highest BCUT2D eigenvalue weighted by molar-refractivity contribution is 5.96. The number of fused-ring (bicyclic) bond motifs is 1. The van der Waals surface area contributed by atoms with Crippen molar-refractivity contribution in [2.24, 2.45) is 0 Å². The Balaban J connectivity index is 1.22. The molecule has 39 heavy (non-hydrogen) atoms. The molecule has 0 spiro atoms. The van der Waals surface area contributed by atoms with Crippen molar-refractivity contribution in [3.05, 3.63) is 72.2 Å². The molecule has 6 rings (SSSR count). The fraction of sp³-hybridized carbons (Fsp3) is 0.286. The van der Waals surface area contributed by atoms with Crippen LogP contribution in [0.2, 0.25) is 0 Å². The average Bonchev–Trinajstić information content (AvgIpc) is 3.64. The minimum absolute atomic E-state index is 0.0766. The van der Waals surface area contributed by atoms with Crippen molar-refractivity contribution in [3.8, 4) is 22.6 Å². The lowest BCUT2D eigenvalue weighted by molar-refractivity contribution is 0.0741. The lowest BCUT2D eigenvalue weighted by atomic mass is 9.98. The number of amides is 1. The van der Waals surface area contributed by atoms with Gasteiger partial charge in [0.15, 0.2) is 5.82 Å². The molecule has 1 saturated heterocycles. The maximum atomic E-state index is 13.2. The third-order valence-electron chi connectivity index (χ3n) is 7.23. The predicted molar refractivity (Wildman–Crippen MR) is 149 cm³/mol. The molecule has 11 heteroatoms. The summed E-state index contributed by atoms with van der Waals surface area (Å²) < 4.78 is 0. The standard InChI is InChI=1S/C28H30N10O/c1-3-29-13-20-14-31-15-22(18(20)2)19-4-5-23-21(12-19)26(36-35-23)27-33-16-24(34-27)28(39)38-10-8-37(9-11-38)25-17-30-6-7-32-25/h4-7,12,14-17,29H,3,8-11,13H2,1-2H3,(H,33,34)(H,35,36). The van der Waals surface area contributed by atoms with Crippen LogP contribution in [0.4, 0.5) is 5.82 Å². The summed E-state index contributed by atoms with van der Waals surface area (Å²) in [4.78, 5) is 37.9. The SMILES string of the molecule is CCNCc1cncc(-c2ccc3[nH]nc(-c4ncc(C(=O)N5CCN(c6cnccn6)CC5)[nH]4)c3c2)c1C. The fourth-order valence-corrected chi connectivity index (χ4v) is 4.97. The van der Waals surface area contributed by atoms with Gasteiger partial charge in [0.05, 0.1) is 17.9 Å². The minimum atomic E-state index is -0.0766. The van der Waals surface area contributed by atoms with Crippen LogP contribution in [0.15, 0.2) is 55.4 Å². The summed E-state index contributed by atoms with van der Waals surface area (Å²) in [6, 6.07) is 6.19. The highest BCUT2D eigenvalue weighted by Gasteiger charge is 2.25. The number of hydrogen-bond acceptors (Lipinski definition) is 8. The van der Waals surface area contributed by atoms with Gasteiger partial charge in [-0.1, -0.05) is 13.0 Å². The number of benzene rings is 1. The topological polar surface area (TPSA) is 132 Å². The Bertz CT molecular complexity index is 1600. The normalized spacial score (nSPS) is 13.8. The quantitative estimate of drug-likeness (QED) is 0.297. The van der Waals surface area contributed by atoms with Crippen molar-refractivity contribution in [2.75, 3.05) is 37.6 Å². The number of H-pyrrole nitrogens is 2. The van der Waals surface area contributed by atoms with Crippen molar-refractivity contribution in [1.29, 1.82) is 0 Å². The third-order valence-corrected chi connectivity index (χ3v) is 7.23. The molecule has 0 radical (unpaired) electrons. The lowest BCUT2D eigenvalue weighted by Gasteiger charge is -2.34. The maximum absolute atomic E-state index is 13.2. The van der Waals surface area contributed by atoms with Gasteiger partial charge in [-0.25, -0.2) is 9.97 Å². The zero-order valence-corrected chi connectivity index (χ0v) is 22.0. The number of nitrogens with zero attached hydrogens (tertiary/aromatic N) is 7. The summed E-state index contributed by atoms with van der Waals surface area (Å²) in [5.41, 5.74) is 6.52. The summed E-state index contributed by atoms with van der Waals surface area (Å²) in [6.07, 6.45) is 10.5. The number of imidazole rings is 1. The van der Waals surface area contributed by atoms with Gasteiger partial charge in [0.2, 0.25) is 0 Å². The van der Waals surface area contributed by atoms with Crippen LogP contribution in [0, 0.1) is 6.92 Å². The molecule has 11 nitrogen and oxygen atoms in total. The largest absolute Gasteiger partial charge is 0.352 e. The number of aromatic nitrogens is 7. The lowest BCUT2D eigenvalue weighted by Crippen LogP contribution is -2.49. The van der Waals surface area contributed by atoms with Crippen molar-refractivity contribution in [3.63, 3.8) is 0 Å². The van der Waals surface area contributed by atoms with E-state index in [1.54, 1.807) is 24.8 Å². The van der Waals surface area contributed by atoms with Crippen LogP contribution >= 0.6 is 0 Å². The van der Waals surface area contributed by atoms with Crippen LogP contribution in [0.3, 0.4) is 0 Å². The Morgan fingerprint density at radius 2 is 1.90 bits per heavy atom. The molecule has 5 heterocycles. The van der Waals surface area contributed by atoms with E-state index in [0.29, 0.717) is 43.4 Å². The van der Waals surface area contributed by atoms with E-state index in [1.165, 1.54) is 11.1 Å². The van der Waals surface area contributed by atoms with E-state index in [2.05, 4.69) is 71.3 Å². The van der Waals surface area contributed by atoms with Crippen LogP contribution in [-0.4, -0.2) is 78.6 Å². The predicted octanol–water partition coefficient (Wildman–Crippen LogP) is 3.19. The van der Waals surface area contributed by atoms with E-state index in [1.807, 2.05) is 23.4 Å². The minimum Gasteiger partial charge on any atom is -0.352 e. The number of carbonyl (C=O) groups excluding carboxylic acids is 1. The number of anilines is 1. The molecule has 1 aromatic carbocycles. The first-order chi connectivity index (χ1) is 19.1. The molecule has 3 N–H and O–H groups in total. The molecule has 5 aromatic rings. The van der Waals surface area contributed by atoms with Gasteiger partial charge < -0.3 is 20.1 Å². The van der Waals surface area contributed by atoms with E-state index in [0.717, 1.165) is 40.9 Å². The molecule has 1 amide bonds. The summed E-state index contributed by atoms with van der Waals surface area (Å²) in [5.74, 6) is 1.30. The molecule has 1 fully saturated rings. The van der Waals surface area contributed by atoms with Crippen LogP contribution in [0.25, 0.3) is 33.5 Å². The zero-order valence-electron chi connectivity index (χ0n) is 22.0. The van der Waals surface area contributed by atoms with Gasteiger partial charge in [-0.3, -0.25) is 19.9 Å². The number of carbonyl (C=O) groups is 1. The highest BCUT2D eigenvalue weighted by atomic mass is 16.2. The van der Waals surface area contributed by atoms with Gasteiger partial charge in [-0.15, -0.1) is 0 Å². The number of nitrogens with one attached hydrogen (secondary N) is 3. The van der Waals surface area contributed by atoms with Crippen LogP contribution in [0.5, 0.6) is 0 Å². The summed E-state index contributed by atoms with van der Waals surface area (Å²) in [7, 11) is 0. The van der Waals surface area contributed by atoms with Crippen LogP contribution in [0.1, 0.15) is 28.5 Å². The fourth-order valence-electron chi connectivity index (χ4n) is 4.97. The molecule has 4 aromatic heterocycles. The Morgan fingerprint density at radius 3 is 2.69 bits per heavy atom. The smallest absolute Gasteiger partial charge is 0.272 e. The van der Waals surface area contributed by atoms with Crippen LogP contribution < -0.4 is 10.2 Å². The second kappa shape index (κ2) is 10.6. The van der Waals surface area contributed by atoms with Gasteiger partial charge in [0, 0.05) is 68.5 Å². The molecule has 1 aliphatic rings. The molecule has 1 aliphatic heterocycles. The van der Waals surface area contributed by atoms with Crippen molar-refractivity contribution in [2.45, 2.75) is 20.4 Å². The first-order valence-electron chi connectivity index (χ1n) is 13.1. The van der Waals surface area contributed by atoms with E-state index >= 15 is 0 Å². The van der Waals surface area contributed by atoms with Gasteiger partial charge in [0.1, 0.15) is 17.2 Å². The number of aromatic amines is 2. The molecule has 0 saturated carbocycles. The Morgan fingerprint density at radius 1 is 1.03 bits per heavy atom. The van der Waals surface area contributed by atoms with Crippen LogP contribution in [-0.2, 0) is 6.54 Å². The number of piperazine rings is 1. The van der Waals surface area contributed by atoms with E-state index < -0.39 is 0 Å². The second-order valence-corrected chi connectivity index (χ2v) is 9.57. The Labute approximate surface area is 225 Å². The molecular weight excluding hydrogens is 492 g/mol. The first-order valence-corrected chi connectivity index (χ1v) is 13.1. The number of rotatable bonds is 7. The second-order valence-electron chi connectivity index (χ2n) is 9.57. The average molecular weight is 523 g/mol. The maximum Gasteiger partial charge on any atom is 0.272 e. The van der Waals surface area contributed by atoms with E-state index in [4.69, 9.17) is 0 Å². The van der Waals surface area contributed by atoms with Crippen molar-refractivity contribution >= 4 is 22.6 Å². The number of hydrogen-bond donors (Lipinski definition) is 3. The first kappa shape index (κ1) is 24.7. The molecule has 198 valence electrons. The summed E-state index contributed by atoms with van der Waals surface area (Å²) in [6.45, 7) is 8.49. The molecule has 0 atom stereocenters. The van der Waals surface area contributed by atoms with Gasteiger partial charge in [-0.05, 0) is 42.3 Å². The van der Waals surface area contributed by atoms with E-state index in [9.17, 15) is 4.79 Å². The number of pyridine rings is 1. The monoisotopic (exact) mass is 522 g/mol. The third kappa shape index (κ3) is 4.84. The van der Waals surface area contributed by atoms with Gasteiger partial charge in [0.25, 0.3) is 5.91 Å². The molecule has 0 bridgehead atoms. The van der Waals surface area contributed by atoms with Gasteiger partial charge >= 0.3 is 0 Å². The zero-order chi connectivity index (χ0) is 26.8. The summed E-state index contributed by atoms with van der Waals surface area (Å²) in [5, 5.41) is 11.9.